The second-order valence-corrected chi connectivity index (χ2v) is 13.4. The monoisotopic (exact) mass is 597 g/mol. The molecule has 0 radical (unpaired) electrons. The number of carbonyl (C=O) groups is 2. The first-order valence-electron chi connectivity index (χ1n) is 13.8. The van der Waals surface area contributed by atoms with Gasteiger partial charge in [0, 0.05) is 24.5 Å². The molecule has 0 aliphatic rings. The Hall–Kier alpha value is -3.36. The van der Waals surface area contributed by atoms with Crippen molar-refractivity contribution in [2.75, 3.05) is 23.7 Å². The molecule has 0 unspecified atom stereocenters. The van der Waals surface area contributed by atoms with Gasteiger partial charge in [0.2, 0.25) is 21.8 Å². The molecule has 0 aliphatic carbocycles. The van der Waals surface area contributed by atoms with E-state index in [0.717, 1.165) is 27.3 Å². The number of carbonyl (C=O) groups excluding carboxylic acids is 2. The predicted octanol–water partition coefficient (Wildman–Crippen LogP) is 5.64. The lowest BCUT2D eigenvalue weighted by atomic mass is 10.0. The summed E-state index contributed by atoms with van der Waals surface area (Å²) in [6.07, 6.45) is 1.34. The fourth-order valence-electron chi connectivity index (χ4n) is 4.45. The number of nitrogens with zero attached hydrogens (tertiary/aromatic N) is 2. The SMILES string of the molecule is CC(C)CNC(=O)[C@@H](Cc1ccccc1)N(Cc1cccc(Cl)c1)C(=O)CN(c1ccc(C(C)C)cc1)S(C)(=O)=O. The van der Waals surface area contributed by atoms with Gasteiger partial charge in [-0.25, -0.2) is 8.42 Å². The molecule has 3 aromatic carbocycles. The lowest BCUT2D eigenvalue weighted by Crippen LogP contribution is -2.53. The van der Waals surface area contributed by atoms with E-state index in [2.05, 4.69) is 19.2 Å². The molecule has 0 spiro atoms. The highest BCUT2D eigenvalue weighted by Crippen LogP contribution is 2.24. The van der Waals surface area contributed by atoms with Gasteiger partial charge in [0.05, 0.1) is 11.9 Å². The summed E-state index contributed by atoms with van der Waals surface area (Å²) in [6.45, 7) is 8.17. The van der Waals surface area contributed by atoms with Crippen LogP contribution in [0.15, 0.2) is 78.9 Å². The van der Waals surface area contributed by atoms with Crippen LogP contribution in [0.3, 0.4) is 0 Å². The molecule has 3 aromatic rings. The summed E-state index contributed by atoms with van der Waals surface area (Å²) in [4.78, 5) is 29.2. The topological polar surface area (TPSA) is 86.8 Å². The number of anilines is 1. The van der Waals surface area contributed by atoms with Crippen LogP contribution < -0.4 is 9.62 Å². The van der Waals surface area contributed by atoms with E-state index in [0.29, 0.717) is 17.3 Å². The maximum atomic E-state index is 14.1. The van der Waals surface area contributed by atoms with Gasteiger partial charge >= 0.3 is 0 Å². The Kier molecular flexibility index (Phi) is 11.4. The normalized spacial score (nSPS) is 12.3. The zero-order valence-corrected chi connectivity index (χ0v) is 26.0. The number of benzene rings is 3. The molecular weight excluding hydrogens is 558 g/mol. The van der Waals surface area contributed by atoms with E-state index in [-0.39, 0.29) is 30.7 Å². The molecule has 0 saturated heterocycles. The summed E-state index contributed by atoms with van der Waals surface area (Å²) < 4.78 is 27.0. The summed E-state index contributed by atoms with van der Waals surface area (Å²) >= 11 is 6.25. The molecule has 0 saturated carbocycles. The van der Waals surface area contributed by atoms with Crippen molar-refractivity contribution in [3.05, 3.63) is 101 Å². The van der Waals surface area contributed by atoms with Crippen molar-refractivity contribution in [2.24, 2.45) is 5.92 Å². The van der Waals surface area contributed by atoms with Gasteiger partial charge in [-0.05, 0) is 52.8 Å². The van der Waals surface area contributed by atoms with Gasteiger partial charge in [0.1, 0.15) is 12.6 Å². The third-order valence-corrected chi connectivity index (χ3v) is 8.10. The maximum absolute atomic E-state index is 14.1. The first-order valence-corrected chi connectivity index (χ1v) is 16.0. The van der Waals surface area contributed by atoms with E-state index in [4.69, 9.17) is 11.6 Å². The Bertz CT molecular complexity index is 1410. The maximum Gasteiger partial charge on any atom is 0.244 e. The Morgan fingerprint density at radius 2 is 1.51 bits per heavy atom. The van der Waals surface area contributed by atoms with E-state index in [9.17, 15) is 18.0 Å². The minimum Gasteiger partial charge on any atom is -0.354 e. The Labute approximate surface area is 249 Å². The van der Waals surface area contributed by atoms with E-state index in [1.54, 1.807) is 30.3 Å². The van der Waals surface area contributed by atoms with E-state index in [1.807, 2.05) is 62.4 Å². The number of amides is 2. The number of hydrogen-bond acceptors (Lipinski definition) is 4. The van der Waals surface area contributed by atoms with Gasteiger partial charge in [0.15, 0.2) is 0 Å². The molecule has 220 valence electrons. The molecule has 3 rings (SSSR count). The Morgan fingerprint density at radius 3 is 2.07 bits per heavy atom. The summed E-state index contributed by atoms with van der Waals surface area (Å²) in [7, 11) is -3.82. The third-order valence-electron chi connectivity index (χ3n) is 6.72. The van der Waals surface area contributed by atoms with Crippen LogP contribution in [-0.4, -0.2) is 50.5 Å². The summed E-state index contributed by atoms with van der Waals surface area (Å²) in [5.41, 5.74) is 3.05. The summed E-state index contributed by atoms with van der Waals surface area (Å²) in [5.74, 6) is -0.314. The fraction of sp³-hybridized carbons (Fsp3) is 0.375. The van der Waals surface area contributed by atoms with Crippen LogP contribution in [0.5, 0.6) is 0 Å². The zero-order valence-electron chi connectivity index (χ0n) is 24.4. The van der Waals surface area contributed by atoms with E-state index in [1.165, 1.54) is 4.90 Å². The Balaban J connectivity index is 2.04. The summed E-state index contributed by atoms with van der Waals surface area (Å²) in [5, 5.41) is 3.48. The van der Waals surface area contributed by atoms with Crippen molar-refractivity contribution in [1.29, 1.82) is 0 Å². The lowest BCUT2D eigenvalue weighted by molar-refractivity contribution is -0.140. The average molecular weight is 598 g/mol. The van der Waals surface area contributed by atoms with Crippen LogP contribution in [0, 0.1) is 5.92 Å². The van der Waals surface area contributed by atoms with Gasteiger partial charge in [-0.3, -0.25) is 13.9 Å². The first kappa shape index (κ1) is 32.2. The molecule has 7 nitrogen and oxygen atoms in total. The minimum atomic E-state index is -3.82. The zero-order chi connectivity index (χ0) is 30.2. The molecule has 0 fully saturated rings. The molecule has 2 amide bonds. The second kappa shape index (κ2) is 14.5. The lowest BCUT2D eigenvalue weighted by Gasteiger charge is -2.33. The highest BCUT2D eigenvalue weighted by Gasteiger charge is 2.33. The number of nitrogens with one attached hydrogen (secondary N) is 1. The van der Waals surface area contributed by atoms with Crippen molar-refractivity contribution in [3.8, 4) is 0 Å². The number of hydrogen-bond donors (Lipinski definition) is 1. The molecule has 1 N–H and O–H groups in total. The molecule has 1 atom stereocenters. The van der Waals surface area contributed by atoms with Crippen molar-refractivity contribution in [1.82, 2.24) is 10.2 Å². The van der Waals surface area contributed by atoms with Crippen molar-refractivity contribution in [2.45, 2.75) is 52.6 Å². The van der Waals surface area contributed by atoms with Crippen LogP contribution in [-0.2, 0) is 32.6 Å². The average Bonchev–Trinajstić information content (AvgIpc) is 2.92. The Morgan fingerprint density at radius 1 is 0.878 bits per heavy atom. The minimum absolute atomic E-state index is 0.0792. The van der Waals surface area contributed by atoms with Crippen molar-refractivity contribution >= 4 is 39.1 Å². The van der Waals surface area contributed by atoms with E-state index < -0.39 is 28.5 Å². The smallest absolute Gasteiger partial charge is 0.244 e. The molecule has 0 heterocycles. The van der Waals surface area contributed by atoms with Gasteiger partial charge in [-0.15, -0.1) is 0 Å². The van der Waals surface area contributed by atoms with Gasteiger partial charge in [0.25, 0.3) is 0 Å². The first-order chi connectivity index (χ1) is 19.3. The van der Waals surface area contributed by atoms with Crippen molar-refractivity contribution < 1.29 is 18.0 Å². The van der Waals surface area contributed by atoms with Crippen LogP contribution in [0.2, 0.25) is 5.02 Å². The molecule has 0 bridgehead atoms. The van der Waals surface area contributed by atoms with Gasteiger partial charge < -0.3 is 10.2 Å². The molecule has 9 heteroatoms. The quantitative estimate of drug-likeness (QED) is 0.276. The molecular formula is C32H40ClN3O4S. The fourth-order valence-corrected chi connectivity index (χ4v) is 5.51. The molecule has 41 heavy (non-hydrogen) atoms. The molecule has 0 aliphatic heterocycles. The molecule has 0 aromatic heterocycles. The van der Waals surface area contributed by atoms with Crippen LogP contribution >= 0.6 is 11.6 Å². The van der Waals surface area contributed by atoms with E-state index >= 15 is 0 Å². The highest BCUT2D eigenvalue weighted by molar-refractivity contribution is 7.92. The van der Waals surface area contributed by atoms with Gasteiger partial charge in [-0.2, -0.15) is 0 Å². The van der Waals surface area contributed by atoms with Crippen molar-refractivity contribution in [3.63, 3.8) is 0 Å². The third kappa shape index (κ3) is 9.61. The van der Waals surface area contributed by atoms with Crippen LogP contribution in [0.25, 0.3) is 0 Å². The van der Waals surface area contributed by atoms with Gasteiger partial charge in [-0.1, -0.05) is 93.9 Å². The number of halogens is 1. The summed E-state index contributed by atoms with van der Waals surface area (Å²) in [6, 6.07) is 22.8. The van der Waals surface area contributed by atoms with Crippen LogP contribution in [0.4, 0.5) is 5.69 Å². The predicted molar refractivity (Wildman–Crippen MR) is 167 cm³/mol. The standard InChI is InChI=1S/C32H40ClN3O4S/c1-23(2)20-34-32(38)30(19-25-10-7-6-8-11-25)35(21-26-12-9-13-28(33)18-26)31(37)22-36(41(5,39)40)29-16-14-27(15-17-29)24(3)4/h6-18,23-24,30H,19-22H2,1-5H3,(H,34,38)/t30-/m1/s1. The largest absolute Gasteiger partial charge is 0.354 e. The number of rotatable bonds is 13. The number of sulfonamides is 1. The second-order valence-electron chi connectivity index (χ2n) is 11.0. The van der Waals surface area contributed by atoms with Crippen LogP contribution in [0.1, 0.15) is 50.3 Å². The highest BCUT2D eigenvalue weighted by atomic mass is 35.5.